The summed E-state index contributed by atoms with van der Waals surface area (Å²) in [5.41, 5.74) is 1.50. The number of hydrogen-bond donors (Lipinski definition) is 1. The normalized spacial score (nSPS) is 10.4. The standard InChI is InChI=1S/C13H13Cl2N3/c1-2-5-17-13-8-16-7-12(18-13)10-6-9(14)3-4-11(10)15/h3-4,6-8H,2,5H2,1H3,(H,17,18). The summed E-state index contributed by atoms with van der Waals surface area (Å²) < 4.78 is 0. The molecule has 2 aromatic rings. The number of hydrogen-bond acceptors (Lipinski definition) is 3. The summed E-state index contributed by atoms with van der Waals surface area (Å²) in [5.74, 6) is 0.741. The molecular weight excluding hydrogens is 269 g/mol. The monoisotopic (exact) mass is 281 g/mol. The summed E-state index contributed by atoms with van der Waals surface area (Å²) in [4.78, 5) is 8.62. The topological polar surface area (TPSA) is 37.8 Å². The molecule has 1 aromatic heterocycles. The Morgan fingerprint density at radius 3 is 2.83 bits per heavy atom. The first-order valence-corrected chi connectivity index (χ1v) is 6.47. The highest BCUT2D eigenvalue weighted by Crippen LogP contribution is 2.29. The summed E-state index contributed by atoms with van der Waals surface area (Å²) >= 11 is 12.1. The number of nitrogens with one attached hydrogen (secondary N) is 1. The second kappa shape index (κ2) is 6.03. The molecule has 1 N–H and O–H groups in total. The molecule has 2 rings (SSSR count). The number of aromatic nitrogens is 2. The lowest BCUT2D eigenvalue weighted by atomic mass is 10.1. The molecule has 0 fully saturated rings. The van der Waals surface area contributed by atoms with Gasteiger partial charge in [0, 0.05) is 17.1 Å². The van der Waals surface area contributed by atoms with Crippen LogP contribution in [-0.4, -0.2) is 16.5 Å². The van der Waals surface area contributed by atoms with Gasteiger partial charge < -0.3 is 5.32 Å². The van der Waals surface area contributed by atoms with Crippen LogP contribution >= 0.6 is 23.2 Å². The SMILES string of the molecule is CCCNc1cncc(-c2cc(Cl)ccc2Cl)n1. The predicted octanol–water partition coefficient (Wildman–Crippen LogP) is 4.27. The minimum atomic E-state index is 0.612. The van der Waals surface area contributed by atoms with Gasteiger partial charge in [-0.05, 0) is 24.6 Å². The van der Waals surface area contributed by atoms with E-state index in [1.807, 2.05) is 0 Å². The second-order valence-electron chi connectivity index (χ2n) is 3.84. The minimum Gasteiger partial charge on any atom is -0.369 e. The van der Waals surface area contributed by atoms with E-state index in [9.17, 15) is 0 Å². The van der Waals surface area contributed by atoms with Gasteiger partial charge in [0.1, 0.15) is 5.82 Å². The highest BCUT2D eigenvalue weighted by molar-refractivity contribution is 6.35. The number of anilines is 1. The molecule has 0 bridgehead atoms. The van der Waals surface area contributed by atoms with Crippen molar-refractivity contribution in [2.75, 3.05) is 11.9 Å². The van der Waals surface area contributed by atoms with E-state index in [-0.39, 0.29) is 0 Å². The van der Waals surface area contributed by atoms with E-state index >= 15 is 0 Å². The lowest BCUT2D eigenvalue weighted by molar-refractivity contribution is 0.965. The quantitative estimate of drug-likeness (QED) is 0.909. The third-order valence-corrected chi connectivity index (χ3v) is 2.96. The van der Waals surface area contributed by atoms with Gasteiger partial charge in [0.2, 0.25) is 0 Å². The van der Waals surface area contributed by atoms with Crippen LogP contribution in [0.15, 0.2) is 30.6 Å². The Labute approximate surface area is 116 Å². The van der Waals surface area contributed by atoms with Gasteiger partial charge in [0.15, 0.2) is 0 Å². The fourth-order valence-corrected chi connectivity index (χ4v) is 1.91. The predicted molar refractivity (Wildman–Crippen MR) is 76.3 cm³/mol. The zero-order chi connectivity index (χ0) is 13.0. The minimum absolute atomic E-state index is 0.612. The van der Waals surface area contributed by atoms with Gasteiger partial charge in [-0.25, -0.2) is 4.98 Å². The smallest absolute Gasteiger partial charge is 0.145 e. The van der Waals surface area contributed by atoms with Crippen molar-refractivity contribution in [2.24, 2.45) is 0 Å². The first kappa shape index (κ1) is 13.1. The zero-order valence-corrected chi connectivity index (χ0v) is 11.5. The van der Waals surface area contributed by atoms with Gasteiger partial charge >= 0.3 is 0 Å². The third-order valence-electron chi connectivity index (χ3n) is 2.40. The first-order valence-electron chi connectivity index (χ1n) is 5.72. The van der Waals surface area contributed by atoms with Crippen molar-refractivity contribution in [2.45, 2.75) is 13.3 Å². The van der Waals surface area contributed by atoms with Crippen LogP contribution in [0.2, 0.25) is 10.0 Å². The lowest BCUT2D eigenvalue weighted by Crippen LogP contribution is -2.03. The Morgan fingerprint density at radius 2 is 2.06 bits per heavy atom. The number of halogens is 2. The summed E-state index contributed by atoms with van der Waals surface area (Å²) in [6.45, 7) is 2.96. The lowest BCUT2D eigenvalue weighted by Gasteiger charge is -2.07. The molecule has 0 saturated carbocycles. The summed E-state index contributed by atoms with van der Waals surface area (Å²) in [5, 5.41) is 4.43. The highest BCUT2D eigenvalue weighted by Gasteiger charge is 2.07. The Kier molecular flexibility index (Phi) is 4.39. The summed E-state index contributed by atoms with van der Waals surface area (Å²) in [6, 6.07) is 5.30. The van der Waals surface area contributed by atoms with Crippen LogP contribution < -0.4 is 5.32 Å². The third kappa shape index (κ3) is 3.12. The molecule has 3 nitrogen and oxygen atoms in total. The van der Waals surface area contributed by atoms with Gasteiger partial charge in [-0.3, -0.25) is 4.98 Å². The Hall–Kier alpha value is -1.32. The molecule has 1 heterocycles. The fourth-order valence-electron chi connectivity index (χ4n) is 1.53. The van der Waals surface area contributed by atoms with E-state index in [4.69, 9.17) is 23.2 Å². The van der Waals surface area contributed by atoms with E-state index in [0.29, 0.717) is 15.7 Å². The molecular formula is C13H13Cl2N3. The molecule has 94 valence electrons. The fraction of sp³-hybridized carbons (Fsp3) is 0.231. The molecule has 0 aliphatic carbocycles. The van der Waals surface area contributed by atoms with Crippen LogP contribution in [0.3, 0.4) is 0 Å². The maximum atomic E-state index is 6.14. The molecule has 0 radical (unpaired) electrons. The van der Waals surface area contributed by atoms with Crippen LogP contribution in [0.1, 0.15) is 13.3 Å². The van der Waals surface area contributed by atoms with Crippen LogP contribution in [0, 0.1) is 0 Å². The summed E-state index contributed by atoms with van der Waals surface area (Å²) in [6.07, 6.45) is 4.40. The zero-order valence-electron chi connectivity index (χ0n) is 9.95. The van der Waals surface area contributed by atoms with E-state index in [0.717, 1.165) is 24.3 Å². The molecule has 1 aromatic carbocycles. The highest BCUT2D eigenvalue weighted by atomic mass is 35.5. The van der Waals surface area contributed by atoms with Gasteiger partial charge in [0.25, 0.3) is 0 Å². The van der Waals surface area contributed by atoms with E-state index < -0.39 is 0 Å². The van der Waals surface area contributed by atoms with Crippen molar-refractivity contribution >= 4 is 29.0 Å². The van der Waals surface area contributed by atoms with Gasteiger partial charge in [0.05, 0.1) is 23.1 Å². The maximum Gasteiger partial charge on any atom is 0.145 e. The number of benzene rings is 1. The molecule has 0 saturated heterocycles. The van der Waals surface area contributed by atoms with Crippen LogP contribution in [0.25, 0.3) is 11.3 Å². The van der Waals surface area contributed by atoms with Crippen molar-refractivity contribution in [1.29, 1.82) is 0 Å². The van der Waals surface area contributed by atoms with Gasteiger partial charge in [-0.1, -0.05) is 30.1 Å². The first-order chi connectivity index (χ1) is 8.70. The Balaban J connectivity index is 2.35. The van der Waals surface area contributed by atoms with Gasteiger partial charge in [-0.15, -0.1) is 0 Å². The van der Waals surface area contributed by atoms with E-state index in [2.05, 4.69) is 22.2 Å². The molecule has 0 amide bonds. The van der Waals surface area contributed by atoms with Crippen molar-refractivity contribution in [3.8, 4) is 11.3 Å². The molecule has 5 heteroatoms. The van der Waals surface area contributed by atoms with Crippen molar-refractivity contribution in [3.63, 3.8) is 0 Å². The molecule has 0 unspecified atom stereocenters. The molecule has 0 aliphatic heterocycles. The largest absolute Gasteiger partial charge is 0.369 e. The molecule has 0 atom stereocenters. The number of rotatable bonds is 4. The second-order valence-corrected chi connectivity index (χ2v) is 4.68. The van der Waals surface area contributed by atoms with Crippen LogP contribution in [0.5, 0.6) is 0 Å². The van der Waals surface area contributed by atoms with E-state index in [1.165, 1.54) is 0 Å². The van der Waals surface area contributed by atoms with Crippen molar-refractivity contribution in [3.05, 3.63) is 40.6 Å². The molecule has 0 aliphatic rings. The average Bonchev–Trinajstić information content (AvgIpc) is 2.39. The maximum absolute atomic E-state index is 6.14. The molecule has 0 spiro atoms. The Morgan fingerprint density at radius 1 is 1.22 bits per heavy atom. The Bertz CT molecular complexity index is 544. The van der Waals surface area contributed by atoms with Gasteiger partial charge in [-0.2, -0.15) is 0 Å². The van der Waals surface area contributed by atoms with Crippen molar-refractivity contribution < 1.29 is 0 Å². The summed E-state index contributed by atoms with van der Waals surface area (Å²) in [7, 11) is 0. The van der Waals surface area contributed by atoms with Crippen LogP contribution in [-0.2, 0) is 0 Å². The van der Waals surface area contributed by atoms with E-state index in [1.54, 1.807) is 30.6 Å². The number of nitrogens with zero attached hydrogens (tertiary/aromatic N) is 2. The average molecular weight is 282 g/mol. The van der Waals surface area contributed by atoms with Crippen molar-refractivity contribution in [1.82, 2.24) is 9.97 Å². The molecule has 18 heavy (non-hydrogen) atoms. The van der Waals surface area contributed by atoms with Crippen LogP contribution in [0.4, 0.5) is 5.82 Å².